The monoisotopic (exact) mass is 250 g/mol. The van der Waals surface area contributed by atoms with Crippen LogP contribution in [0.25, 0.3) is 0 Å². The fraction of sp³-hybridized carbons (Fsp3) is 0.867. The van der Waals surface area contributed by atoms with Crippen molar-refractivity contribution in [3.05, 3.63) is 11.4 Å². The second-order valence-electron chi connectivity index (χ2n) is 5.75. The van der Waals surface area contributed by atoms with Crippen molar-refractivity contribution in [2.45, 2.75) is 44.9 Å². The summed E-state index contributed by atoms with van der Waals surface area (Å²) in [5.74, 6) is 0. The number of hydrogen-bond donors (Lipinski definition) is 0. The molecular formula is C15H26N2O. The summed E-state index contributed by atoms with van der Waals surface area (Å²) < 4.78 is 5.49. The number of allylic oxidation sites excluding steroid dienone is 2. The summed E-state index contributed by atoms with van der Waals surface area (Å²) in [6.45, 7) is 6.62. The minimum Gasteiger partial charge on any atom is -0.378 e. The Balaban J connectivity index is 1.77. The van der Waals surface area contributed by atoms with Crippen LogP contribution < -0.4 is 0 Å². The molecule has 0 atom stereocenters. The van der Waals surface area contributed by atoms with Gasteiger partial charge in [-0.15, -0.1) is 0 Å². The Morgan fingerprint density at radius 3 is 1.78 bits per heavy atom. The maximum Gasteiger partial charge on any atom is 0.0642 e. The summed E-state index contributed by atoms with van der Waals surface area (Å²) in [6, 6.07) is 0. The maximum atomic E-state index is 5.49. The summed E-state index contributed by atoms with van der Waals surface area (Å²) in [5.41, 5.74) is 3.34. The van der Waals surface area contributed by atoms with Gasteiger partial charge in [-0.3, -0.25) is 0 Å². The van der Waals surface area contributed by atoms with Crippen molar-refractivity contribution < 1.29 is 4.74 Å². The van der Waals surface area contributed by atoms with Crippen LogP contribution in [-0.2, 0) is 4.74 Å². The Bertz CT molecular complexity index is 272. The van der Waals surface area contributed by atoms with Gasteiger partial charge in [0.25, 0.3) is 0 Å². The zero-order valence-electron chi connectivity index (χ0n) is 11.5. The zero-order valence-corrected chi connectivity index (χ0v) is 11.5. The molecule has 2 saturated heterocycles. The highest BCUT2D eigenvalue weighted by atomic mass is 16.5. The van der Waals surface area contributed by atoms with Crippen LogP contribution >= 0.6 is 0 Å². The van der Waals surface area contributed by atoms with Gasteiger partial charge in [-0.1, -0.05) is 0 Å². The lowest BCUT2D eigenvalue weighted by Crippen LogP contribution is -2.40. The number of morpholine rings is 1. The molecule has 0 bridgehead atoms. The average Bonchev–Trinajstić information content (AvgIpc) is 2.49. The van der Waals surface area contributed by atoms with Crippen LogP contribution in [0, 0.1) is 0 Å². The minimum atomic E-state index is 0.913. The van der Waals surface area contributed by atoms with E-state index in [1.54, 1.807) is 11.4 Å². The van der Waals surface area contributed by atoms with Gasteiger partial charge in [0.15, 0.2) is 0 Å². The fourth-order valence-corrected chi connectivity index (χ4v) is 3.55. The summed E-state index contributed by atoms with van der Waals surface area (Å²) >= 11 is 0. The number of nitrogens with zero attached hydrogens (tertiary/aromatic N) is 2. The first-order valence-corrected chi connectivity index (χ1v) is 7.75. The zero-order chi connectivity index (χ0) is 12.2. The molecule has 0 radical (unpaired) electrons. The topological polar surface area (TPSA) is 15.7 Å². The molecule has 2 fully saturated rings. The summed E-state index contributed by atoms with van der Waals surface area (Å²) in [6.07, 6.45) is 9.58. The molecule has 102 valence electrons. The Kier molecular flexibility index (Phi) is 4.09. The maximum absolute atomic E-state index is 5.49. The Morgan fingerprint density at radius 1 is 0.611 bits per heavy atom. The molecule has 0 spiro atoms. The van der Waals surface area contributed by atoms with Gasteiger partial charge in [0.2, 0.25) is 0 Å². The van der Waals surface area contributed by atoms with Gasteiger partial charge < -0.3 is 14.5 Å². The first-order chi connectivity index (χ1) is 8.95. The smallest absolute Gasteiger partial charge is 0.0642 e. The van der Waals surface area contributed by atoms with Gasteiger partial charge in [0, 0.05) is 37.6 Å². The Labute approximate surface area is 111 Å². The fourth-order valence-electron chi connectivity index (χ4n) is 3.55. The standard InChI is InChI=1S/C15H26N2O/c1-4-8-16(9-5-1)14-6-2-3-7-15(14)17-10-12-18-13-11-17/h1-13H2. The molecule has 3 aliphatic rings. The Hall–Kier alpha value is -0.700. The second-order valence-corrected chi connectivity index (χ2v) is 5.75. The molecule has 3 nitrogen and oxygen atoms in total. The number of likely N-dealkylation sites (tertiary alicyclic amines) is 1. The highest BCUT2D eigenvalue weighted by molar-refractivity contribution is 5.16. The van der Waals surface area contributed by atoms with Gasteiger partial charge in [-0.25, -0.2) is 0 Å². The molecule has 0 saturated carbocycles. The molecule has 18 heavy (non-hydrogen) atoms. The number of hydrogen-bond acceptors (Lipinski definition) is 3. The molecular weight excluding hydrogens is 224 g/mol. The molecule has 0 aromatic rings. The molecule has 1 aliphatic carbocycles. The van der Waals surface area contributed by atoms with E-state index in [1.165, 1.54) is 58.0 Å². The van der Waals surface area contributed by atoms with Gasteiger partial charge in [0.1, 0.15) is 0 Å². The first kappa shape index (κ1) is 12.3. The van der Waals surface area contributed by atoms with E-state index in [2.05, 4.69) is 9.80 Å². The van der Waals surface area contributed by atoms with Crippen LogP contribution in [0.1, 0.15) is 44.9 Å². The van der Waals surface area contributed by atoms with Crippen molar-refractivity contribution in [2.75, 3.05) is 39.4 Å². The second kappa shape index (κ2) is 5.96. The van der Waals surface area contributed by atoms with E-state index in [0.717, 1.165) is 26.3 Å². The van der Waals surface area contributed by atoms with Crippen LogP contribution in [0.5, 0.6) is 0 Å². The molecule has 0 N–H and O–H groups in total. The van der Waals surface area contributed by atoms with E-state index < -0.39 is 0 Å². The van der Waals surface area contributed by atoms with Crippen LogP contribution in [0.2, 0.25) is 0 Å². The first-order valence-electron chi connectivity index (χ1n) is 7.75. The predicted octanol–water partition coefficient (Wildman–Crippen LogP) is 2.59. The van der Waals surface area contributed by atoms with E-state index in [-0.39, 0.29) is 0 Å². The van der Waals surface area contributed by atoms with Crippen LogP contribution in [0.15, 0.2) is 11.4 Å². The molecule has 0 amide bonds. The SMILES string of the molecule is C1CCN(C2=C(N3CCOCC3)CCCC2)CC1. The highest BCUT2D eigenvalue weighted by Crippen LogP contribution is 2.31. The normalized spacial score (nSPS) is 26.7. The van der Waals surface area contributed by atoms with Crippen molar-refractivity contribution in [1.29, 1.82) is 0 Å². The third kappa shape index (κ3) is 2.66. The molecule has 0 aromatic carbocycles. The summed E-state index contributed by atoms with van der Waals surface area (Å²) in [7, 11) is 0. The molecule has 2 heterocycles. The lowest BCUT2D eigenvalue weighted by atomic mass is 9.97. The van der Waals surface area contributed by atoms with Gasteiger partial charge in [-0.05, 0) is 44.9 Å². The van der Waals surface area contributed by atoms with E-state index >= 15 is 0 Å². The highest BCUT2D eigenvalue weighted by Gasteiger charge is 2.24. The van der Waals surface area contributed by atoms with Crippen molar-refractivity contribution >= 4 is 0 Å². The molecule has 3 rings (SSSR count). The largest absolute Gasteiger partial charge is 0.378 e. The molecule has 0 unspecified atom stereocenters. The average molecular weight is 250 g/mol. The summed E-state index contributed by atoms with van der Waals surface area (Å²) in [5, 5.41) is 0. The van der Waals surface area contributed by atoms with Gasteiger partial charge in [0.05, 0.1) is 13.2 Å². The minimum absolute atomic E-state index is 0.913. The van der Waals surface area contributed by atoms with Crippen molar-refractivity contribution in [3.8, 4) is 0 Å². The predicted molar refractivity (Wildman–Crippen MR) is 73.3 cm³/mol. The lowest BCUT2D eigenvalue weighted by Gasteiger charge is -2.40. The van der Waals surface area contributed by atoms with Crippen LogP contribution in [0.3, 0.4) is 0 Å². The van der Waals surface area contributed by atoms with Crippen LogP contribution in [0.4, 0.5) is 0 Å². The van der Waals surface area contributed by atoms with Gasteiger partial charge in [-0.2, -0.15) is 0 Å². The van der Waals surface area contributed by atoms with E-state index in [1.807, 2.05) is 0 Å². The summed E-state index contributed by atoms with van der Waals surface area (Å²) in [4.78, 5) is 5.29. The molecule has 0 aromatic heterocycles. The third-order valence-corrected chi connectivity index (χ3v) is 4.54. The molecule has 3 heteroatoms. The lowest BCUT2D eigenvalue weighted by molar-refractivity contribution is 0.0487. The Morgan fingerprint density at radius 2 is 1.17 bits per heavy atom. The van der Waals surface area contributed by atoms with Crippen LogP contribution in [-0.4, -0.2) is 49.2 Å². The number of piperidine rings is 1. The third-order valence-electron chi connectivity index (χ3n) is 4.54. The van der Waals surface area contributed by atoms with Crippen molar-refractivity contribution in [3.63, 3.8) is 0 Å². The van der Waals surface area contributed by atoms with E-state index in [4.69, 9.17) is 4.74 Å². The molecule has 2 aliphatic heterocycles. The van der Waals surface area contributed by atoms with E-state index in [9.17, 15) is 0 Å². The number of ether oxygens (including phenoxy) is 1. The van der Waals surface area contributed by atoms with Crippen molar-refractivity contribution in [2.24, 2.45) is 0 Å². The van der Waals surface area contributed by atoms with Gasteiger partial charge >= 0.3 is 0 Å². The van der Waals surface area contributed by atoms with E-state index in [0.29, 0.717) is 0 Å². The number of rotatable bonds is 2. The van der Waals surface area contributed by atoms with Crippen molar-refractivity contribution in [1.82, 2.24) is 9.80 Å². The quantitative estimate of drug-likeness (QED) is 0.749.